The molecule has 12 aromatic rings. The Hall–Kier alpha value is -11.2. The monoisotopic (exact) mass is 1170 g/mol. The number of ether oxygens (including phenoxy) is 1. The average molecular weight is 1170 g/mol. The molecule has 12 rings (SSSR count). The van der Waals surface area contributed by atoms with E-state index in [1.165, 1.54) is 12.1 Å². The molecule has 0 aliphatic heterocycles. The topological polar surface area (TPSA) is 298 Å². The Morgan fingerprint density at radius 2 is 1.10 bits per heavy atom. The number of rotatable bonds is 18. The van der Waals surface area contributed by atoms with Crippen LogP contribution in [0.2, 0.25) is 0 Å². The van der Waals surface area contributed by atoms with E-state index in [0.717, 1.165) is 60.8 Å². The fourth-order valence-corrected chi connectivity index (χ4v) is 11.7. The number of fused-ring (bicyclic) bond motifs is 3. The summed E-state index contributed by atoms with van der Waals surface area (Å²) in [5, 5.41) is 84.3. The zero-order valence-electron chi connectivity index (χ0n) is 49.1. The molecule has 0 aliphatic carbocycles. The SMILES string of the molecule is C=C(N)Oc1nnc(-c2cc(CC)c(O)cc2O)n1-c1cccc2c1ccn2C=C(N)Nc1nnc(-c2cc(CC)c(O)cc2C)n1-c1cccc2c1ccn2C(C)C[n+]1nc(-c2cc(CC)c(O)cc2O)n(-c2cccc3c2ccn3C(C)C)c1N. The van der Waals surface area contributed by atoms with Crippen LogP contribution < -0.4 is 31.9 Å². The molecule has 1 atom stereocenters. The summed E-state index contributed by atoms with van der Waals surface area (Å²) in [6.07, 6.45) is 9.25. The van der Waals surface area contributed by atoms with E-state index in [1.807, 2.05) is 121 Å². The first-order valence-corrected chi connectivity index (χ1v) is 28.7. The number of benzene rings is 6. The number of aromatic hydroxyl groups is 5. The molecule has 6 heterocycles. The van der Waals surface area contributed by atoms with Crippen molar-refractivity contribution in [3.63, 3.8) is 0 Å². The Balaban J connectivity index is 0.936. The fraction of sp³-hybridized carbons (Fsp3) is 0.200. The molecular weight excluding hydrogens is 1100 g/mol. The van der Waals surface area contributed by atoms with Crippen LogP contribution in [0.25, 0.3) is 90.1 Å². The molecule has 6 aromatic heterocycles. The molecular formula is C65H67N16O6+. The Labute approximate surface area is 499 Å². The van der Waals surface area contributed by atoms with Crippen LogP contribution in [0.15, 0.2) is 146 Å². The Morgan fingerprint density at radius 1 is 0.598 bits per heavy atom. The summed E-state index contributed by atoms with van der Waals surface area (Å²) in [5.74, 6) is 1.65. The highest BCUT2D eigenvalue weighted by Crippen LogP contribution is 2.42. The number of nitrogens with zero attached hydrogens (tertiary/aromatic N) is 12. The molecule has 22 heteroatoms. The maximum atomic E-state index is 11.5. The predicted molar refractivity (Wildman–Crippen MR) is 336 cm³/mol. The molecule has 12 N–H and O–H groups in total. The fourth-order valence-electron chi connectivity index (χ4n) is 11.7. The molecule has 87 heavy (non-hydrogen) atoms. The van der Waals surface area contributed by atoms with Crippen molar-refractivity contribution in [1.29, 1.82) is 0 Å². The van der Waals surface area contributed by atoms with Crippen molar-refractivity contribution in [1.82, 2.24) is 52.9 Å². The standard InChI is InChI=1S/C65H66N16O6/c1-9-39-28-45(36(6)27-54(39)82)60-70-72-64(69-59(67)34-75-24-21-42-48(75)15-12-20-53(42)81-61(71-73-65(81)87-38(8)66)46-29-40(10-2)55(83)31-57(46)85)80(60)52-19-14-17-50-44(52)23-26-77(50)37(7)33-78-63(68)79(51-18-13-16-49-43(51)22-25-76(49)35(4)5)62(74-78)47-30-41(11-3)56(84)32-58(47)86/h12-32,34-35,37,68H,8-11,33,66-67H2,1-7H3,(H6,69,70,71,72,74,82,83,84,85,86)/p+1. The quantitative estimate of drug-likeness (QED) is 0.0285. The third-order valence-corrected chi connectivity index (χ3v) is 16.1. The molecule has 0 radical (unpaired) electrons. The number of nitrogen functional groups attached to an aromatic ring is 1. The van der Waals surface area contributed by atoms with E-state index >= 15 is 0 Å². The van der Waals surface area contributed by atoms with Gasteiger partial charge in [0.15, 0.2) is 17.5 Å². The first kappa shape index (κ1) is 56.3. The van der Waals surface area contributed by atoms with Gasteiger partial charge in [-0.15, -0.1) is 20.0 Å². The number of anilines is 2. The lowest BCUT2D eigenvalue weighted by molar-refractivity contribution is -0.741. The van der Waals surface area contributed by atoms with E-state index in [-0.39, 0.29) is 64.4 Å². The third kappa shape index (κ3) is 9.75. The largest absolute Gasteiger partial charge is 0.508 e. The lowest BCUT2D eigenvalue weighted by Gasteiger charge is -2.17. The van der Waals surface area contributed by atoms with Crippen LogP contribution in [0.5, 0.6) is 34.8 Å². The molecule has 22 nitrogen and oxygen atoms in total. The molecule has 0 saturated heterocycles. The maximum Gasteiger partial charge on any atom is 0.381 e. The summed E-state index contributed by atoms with van der Waals surface area (Å²) >= 11 is 0. The molecule has 0 aliphatic rings. The molecule has 0 saturated carbocycles. The van der Waals surface area contributed by atoms with Crippen molar-refractivity contribution in [2.24, 2.45) is 11.5 Å². The number of phenols is 5. The van der Waals surface area contributed by atoms with Crippen LogP contribution in [0, 0.1) is 6.92 Å². The van der Waals surface area contributed by atoms with Gasteiger partial charge in [0.05, 0.1) is 45.1 Å². The highest BCUT2D eigenvalue weighted by molar-refractivity contribution is 5.93. The highest BCUT2D eigenvalue weighted by atomic mass is 16.5. The summed E-state index contributed by atoms with van der Waals surface area (Å²) in [4.78, 5) is 0. The van der Waals surface area contributed by atoms with Gasteiger partial charge in [0.2, 0.25) is 11.8 Å². The van der Waals surface area contributed by atoms with Crippen molar-refractivity contribution in [2.45, 2.75) is 86.4 Å². The van der Waals surface area contributed by atoms with E-state index in [4.69, 9.17) is 37.2 Å². The van der Waals surface area contributed by atoms with E-state index in [9.17, 15) is 25.5 Å². The van der Waals surface area contributed by atoms with Crippen molar-refractivity contribution in [2.75, 3.05) is 11.1 Å². The number of hydrogen-bond donors (Lipinski definition) is 9. The Bertz CT molecular complexity index is 4730. The van der Waals surface area contributed by atoms with Gasteiger partial charge in [-0.2, -0.15) is 4.57 Å². The van der Waals surface area contributed by atoms with Gasteiger partial charge in [-0.25, -0.2) is 4.57 Å². The van der Waals surface area contributed by atoms with Crippen molar-refractivity contribution < 1.29 is 35.0 Å². The van der Waals surface area contributed by atoms with Crippen LogP contribution >= 0.6 is 0 Å². The lowest BCUT2D eigenvalue weighted by Crippen LogP contribution is -2.42. The number of phenolic OH excluding ortho intramolecular Hbond substituents is 5. The summed E-state index contributed by atoms with van der Waals surface area (Å²) < 4.78 is 19.2. The Kier molecular flexibility index (Phi) is 14.3. The maximum absolute atomic E-state index is 11.5. The number of hydrogen-bond acceptors (Lipinski definition) is 15. The molecule has 0 bridgehead atoms. The zero-order valence-corrected chi connectivity index (χ0v) is 49.1. The van der Waals surface area contributed by atoms with Crippen LogP contribution in [-0.2, 0) is 25.8 Å². The van der Waals surface area contributed by atoms with Gasteiger partial charge in [0.1, 0.15) is 46.8 Å². The van der Waals surface area contributed by atoms with Crippen molar-refractivity contribution in [3.05, 3.63) is 168 Å². The summed E-state index contributed by atoms with van der Waals surface area (Å²) in [6, 6.07) is 33.4. The highest BCUT2D eigenvalue weighted by Gasteiger charge is 2.31. The minimum Gasteiger partial charge on any atom is -0.508 e. The normalized spacial score (nSPS) is 12.3. The van der Waals surface area contributed by atoms with Crippen LogP contribution in [0.4, 0.5) is 11.9 Å². The van der Waals surface area contributed by atoms with Gasteiger partial charge in [0.25, 0.3) is 0 Å². The van der Waals surface area contributed by atoms with E-state index in [1.54, 1.807) is 33.6 Å². The van der Waals surface area contributed by atoms with Crippen molar-refractivity contribution in [3.8, 4) is 86.0 Å². The summed E-state index contributed by atoms with van der Waals surface area (Å²) in [7, 11) is 0. The van der Waals surface area contributed by atoms with Gasteiger partial charge < -0.3 is 60.8 Å². The van der Waals surface area contributed by atoms with Crippen LogP contribution in [0.1, 0.15) is 75.9 Å². The number of nitrogens with two attached hydrogens (primary N) is 3. The molecule has 6 aromatic carbocycles. The first-order chi connectivity index (χ1) is 41.9. The molecule has 442 valence electrons. The summed E-state index contributed by atoms with van der Waals surface area (Å²) in [6.45, 7) is 18.1. The predicted octanol–water partition coefficient (Wildman–Crippen LogP) is 10.8. The minimum absolute atomic E-state index is 0.00376. The number of nitrogens with one attached hydrogen (secondary N) is 1. The van der Waals surface area contributed by atoms with Gasteiger partial charge >= 0.3 is 12.0 Å². The van der Waals surface area contributed by atoms with Gasteiger partial charge in [0, 0.05) is 64.7 Å². The second-order valence-electron chi connectivity index (χ2n) is 21.9. The smallest absolute Gasteiger partial charge is 0.381 e. The number of aromatic nitrogens is 12. The molecule has 1 unspecified atom stereocenters. The van der Waals surface area contributed by atoms with Gasteiger partial charge in [-0.1, -0.05) is 49.2 Å². The average Bonchev–Trinajstić information content (AvgIpc) is 1.80. The van der Waals surface area contributed by atoms with E-state index < -0.39 is 0 Å². The Morgan fingerprint density at radius 3 is 1.71 bits per heavy atom. The minimum atomic E-state index is -0.247. The molecule has 0 amide bonds. The van der Waals surface area contributed by atoms with E-state index in [2.05, 4.69) is 70.3 Å². The third-order valence-electron chi connectivity index (χ3n) is 16.1. The first-order valence-electron chi connectivity index (χ1n) is 28.7. The zero-order chi connectivity index (χ0) is 61.3. The summed E-state index contributed by atoms with van der Waals surface area (Å²) in [5.41, 5.74) is 29.2. The molecule has 0 fully saturated rings. The number of aryl methyl sites for hydroxylation is 4. The second-order valence-corrected chi connectivity index (χ2v) is 21.9. The van der Waals surface area contributed by atoms with Crippen molar-refractivity contribution >= 4 is 50.8 Å². The van der Waals surface area contributed by atoms with Crippen LogP contribution in [-0.4, -0.2) is 78.4 Å². The lowest BCUT2D eigenvalue weighted by atomic mass is 10.0. The van der Waals surface area contributed by atoms with Crippen LogP contribution in [0.3, 0.4) is 0 Å². The molecule has 0 spiro atoms. The second kappa shape index (κ2) is 22.1. The van der Waals surface area contributed by atoms with E-state index in [0.29, 0.717) is 77.3 Å². The van der Waals surface area contributed by atoms with Gasteiger partial charge in [-0.05, 0) is 155 Å². The van der Waals surface area contributed by atoms with Gasteiger partial charge in [-0.3, -0.25) is 10.3 Å².